The van der Waals surface area contributed by atoms with Crippen LogP contribution in [0.15, 0.2) is 12.7 Å². The van der Waals surface area contributed by atoms with Crippen LogP contribution in [-0.2, 0) is 0 Å². The summed E-state index contributed by atoms with van der Waals surface area (Å²) in [6.45, 7) is 30.3. The fourth-order valence-electron chi connectivity index (χ4n) is 2.91. The SMILES string of the molecule is C=CC(C)(CC)C(C)C.CC.CC.CC1CCC(C(C)(C)C)CC1. The molecule has 0 radical (unpaired) electrons. The lowest BCUT2D eigenvalue weighted by Crippen LogP contribution is -2.24. The zero-order valence-corrected chi connectivity index (χ0v) is 19.6. The molecule has 0 amide bonds. The lowest BCUT2D eigenvalue weighted by molar-refractivity contribution is 0.155. The molecule has 0 spiro atoms. The van der Waals surface area contributed by atoms with Gasteiger partial charge >= 0.3 is 0 Å². The molecule has 1 aliphatic rings. The van der Waals surface area contributed by atoms with Crippen molar-refractivity contribution in [1.29, 1.82) is 0 Å². The van der Waals surface area contributed by atoms with E-state index in [4.69, 9.17) is 0 Å². The summed E-state index contributed by atoms with van der Waals surface area (Å²) < 4.78 is 0. The summed E-state index contributed by atoms with van der Waals surface area (Å²) in [4.78, 5) is 0. The van der Waals surface area contributed by atoms with E-state index in [1.807, 2.05) is 27.7 Å². The molecule has 0 N–H and O–H groups in total. The van der Waals surface area contributed by atoms with Crippen LogP contribution in [0.25, 0.3) is 0 Å². The van der Waals surface area contributed by atoms with Gasteiger partial charge in [-0.1, -0.05) is 102 Å². The monoisotopic (exact) mass is 340 g/mol. The van der Waals surface area contributed by atoms with Crippen molar-refractivity contribution in [3.05, 3.63) is 12.7 Å². The molecule has 0 aromatic carbocycles. The molecule has 0 nitrogen and oxygen atoms in total. The largest absolute Gasteiger partial charge is 0.103 e. The Morgan fingerprint density at radius 2 is 1.29 bits per heavy atom. The molecule has 0 aliphatic heterocycles. The first-order valence-electron chi connectivity index (χ1n) is 10.7. The summed E-state index contributed by atoms with van der Waals surface area (Å²) >= 11 is 0. The normalized spacial score (nSPS) is 22.5. The first kappa shape index (κ1) is 28.5. The molecular weight excluding hydrogens is 288 g/mol. The Labute approximate surface area is 156 Å². The summed E-state index contributed by atoms with van der Waals surface area (Å²) in [5, 5.41) is 0. The fraction of sp³-hybridized carbons (Fsp3) is 0.917. The highest BCUT2D eigenvalue weighted by molar-refractivity contribution is 4.92. The van der Waals surface area contributed by atoms with Gasteiger partial charge in [-0.25, -0.2) is 0 Å². The lowest BCUT2D eigenvalue weighted by atomic mass is 9.70. The Hall–Kier alpha value is -0.260. The van der Waals surface area contributed by atoms with Crippen LogP contribution in [0.3, 0.4) is 0 Å². The first-order valence-corrected chi connectivity index (χ1v) is 10.7. The molecule has 1 rings (SSSR count). The molecular formula is C24H52. The van der Waals surface area contributed by atoms with Crippen LogP contribution in [0.1, 0.15) is 115 Å². The molecule has 0 heterocycles. The molecule has 1 unspecified atom stereocenters. The van der Waals surface area contributed by atoms with E-state index in [9.17, 15) is 0 Å². The highest BCUT2D eigenvalue weighted by atomic mass is 14.3. The minimum atomic E-state index is 0.347. The summed E-state index contributed by atoms with van der Waals surface area (Å²) in [6.07, 6.45) is 9.10. The average molecular weight is 341 g/mol. The van der Waals surface area contributed by atoms with E-state index in [-0.39, 0.29) is 0 Å². The fourth-order valence-corrected chi connectivity index (χ4v) is 2.91. The van der Waals surface area contributed by atoms with Gasteiger partial charge in [-0.15, -0.1) is 6.58 Å². The van der Waals surface area contributed by atoms with Gasteiger partial charge in [0.05, 0.1) is 0 Å². The van der Waals surface area contributed by atoms with Crippen molar-refractivity contribution in [2.24, 2.45) is 28.6 Å². The van der Waals surface area contributed by atoms with Crippen molar-refractivity contribution >= 4 is 0 Å². The van der Waals surface area contributed by atoms with E-state index in [1.165, 1.54) is 32.1 Å². The Morgan fingerprint density at radius 1 is 0.917 bits per heavy atom. The van der Waals surface area contributed by atoms with Crippen LogP contribution in [0.5, 0.6) is 0 Å². The molecule has 0 aromatic rings. The van der Waals surface area contributed by atoms with Crippen molar-refractivity contribution in [1.82, 2.24) is 0 Å². The molecule has 1 atom stereocenters. The third-order valence-electron chi connectivity index (χ3n) is 5.79. The minimum absolute atomic E-state index is 0.347. The van der Waals surface area contributed by atoms with Gasteiger partial charge in [0.2, 0.25) is 0 Å². The highest BCUT2D eigenvalue weighted by Gasteiger charge is 2.27. The van der Waals surface area contributed by atoms with Crippen molar-refractivity contribution in [2.75, 3.05) is 0 Å². The van der Waals surface area contributed by atoms with Gasteiger partial charge < -0.3 is 0 Å². The van der Waals surface area contributed by atoms with Crippen molar-refractivity contribution < 1.29 is 0 Å². The van der Waals surface area contributed by atoms with E-state index < -0.39 is 0 Å². The maximum Gasteiger partial charge on any atom is -0.0129 e. The Bertz CT molecular complexity index is 260. The topological polar surface area (TPSA) is 0 Å². The smallest absolute Gasteiger partial charge is 0.0129 e. The number of hydrogen-bond donors (Lipinski definition) is 0. The van der Waals surface area contributed by atoms with E-state index in [2.05, 4.69) is 68.0 Å². The summed E-state index contributed by atoms with van der Waals surface area (Å²) in [5.74, 6) is 2.69. The van der Waals surface area contributed by atoms with E-state index in [1.54, 1.807) is 0 Å². The van der Waals surface area contributed by atoms with Crippen LogP contribution in [0, 0.1) is 28.6 Å². The van der Waals surface area contributed by atoms with Crippen molar-refractivity contribution in [2.45, 2.75) is 115 Å². The molecule has 1 fully saturated rings. The van der Waals surface area contributed by atoms with Gasteiger partial charge in [-0.3, -0.25) is 0 Å². The Balaban J connectivity index is -0.000000309. The van der Waals surface area contributed by atoms with E-state index >= 15 is 0 Å². The first-order chi connectivity index (χ1) is 11.1. The van der Waals surface area contributed by atoms with Gasteiger partial charge in [0.15, 0.2) is 0 Å². The molecule has 148 valence electrons. The second kappa shape index (κ2) is 15.0. The summed E-state index contributed by atoms with van der Waals surface area (Å²) in [6, 6.07) is 0. The number of hydrogen-bond acceptors (Lipinski definition) is 0. The van der Waals surface area contributed by atoms with E-state index in [0.717, 1.165) is 11.8 Å². The predicted molar refractivity (Wildman–Crippen MR) is 117 cm³/mol. The molecule has 0 heteroatoms. The molecule has 0 aromatic heterocycles. The van der Waals surface area contributed by atoms with Crippen LogP contribution in [-0.4, -0.2) is 0 Å². The molecule has 24 heavy (non-hydrogen) atoms. The van der Waals surface area contributed by atoms with Gasteiger partial charge in [0.1, 0.15) is 0 Å². The minimum Gasteiger partial charge on any atom is -0.103 e. The zero-order chi connectivity index (χ0) is 20.0. The average Bonchev–Trinajstić information content (AvgIpc) is 2.57. The van der Waals surface area contributed by atoms with Crippen LogP contribution in [0.4, 0.5) is 0 Å². The molecule has 0 bridgehead atoms. The van der Waals surface area contributed by atoms with Crippen molar-refractivity contribution in [3.8, 4) is 0 Å². The second-order valence-corrected chi connectivity index (χ2v) is 8.54. The van der Waals surface area contributed by atoms with Gasteiger partial charge in [0.25, 0.3) is 0 Å². The lowest BCUT2D eigenvalue weighted by Gasteiger charge is -2.35. The molecule has 0 saturated heterocycles. The maximum absolute atomic E-state index is 3.82. The Morgan fingerprint density at radius 3 is 1.46 bits per heavy atom. The highest BCUT2D eigenvalue weighted by Crippen LogP contribution is 2.39. The third kappa shape index (κ3) is 12.2. The van der Waals surface area contributed by atoms with Crippen LogP contribution < -0.4 is 0 Å². The van der Waals surface area contributed by atoms with Crippen molar-refractivity contribution in [3.63, 3.8) is 0 Å². The van der Waals surface area contributed by atoms with Crippen LogP contribution >= 0.6 is 0 Å². The summed E-state index contributed by atoms with van der Waals surface area (Å²) in [5.41, 5.74) is 0.903. The number of allylic oxidation sites excluding steroid dienone is 1. The molecule has 1 saturated carbocycles. The standard InChI is InChI=1S/C11H22.C9H18.2C2H6/c1-9-5-7-10(8-6-9)11(2,3)4;1-6-9(5,7-2)8(3)4;2*1-2/h9-10H,5-8H2,1-4H3;6,8H,1,7H2,2-5H3;2*1-2H3. The second-order valence-electron chi connectivity index (χ2n) is 8.54. The summed E-state index contributed by atoms with van der Waals surface area (Å²) in [7, 11) is 0. The third-order valence-corrected chi connectivity index (χ3v) is 5.79. The van der Waals surface area contributed by atoms with Gasteiger partial charge in [0, 0.05) is 0 Å². The van der Waals surface area contributed by atoms with E-state index in [0.29, 0.717) is 16.7 Å². The van der Waals surface area contributed by atoms with Gasteiger partial charge in [-0.05, 0) is 47.8 Å². The Kier molecular flexibility index (Phi) is 17.9. The van der Waals surface area contributed by atoms with Gasteiger partial charge in [-0.2, -0.15) is 0 Å². The quantitative estimate of drug-likeness (QED) is 0.449. The van der Waals surface area contributed by atoms with Crippen LogP contribution in [0.2, 0.25) is 0 Å². The zero-order valence-electron chi connectivity index (χ0n) is 19.6. The molecule has 1 aliphatic carbocycles. The number of rotatable bonds is 3. The maximum atomic E-state index is 3.82. The predicted octanol–water partition coefficient (Wildman–Crippen LogP) is 9.16.